The first-order valence-corrected chi connectivity index (χ1v) is 7.02. The largest absolute Gasteiger partial charge is 0.467 e. The maximum atomic E-state index is 11.7. The highest BCUT2D eigenvalue weighted by molar-refractivity contribution is 5.77. The highest BCUT2D eigenvalue weighted by atomic mass is 16.5. The molecule has 2 aromatic rings. The first kappa shape index (κ1) is 16.0. The second-order valence-electron chi connectivity index (χ2n) is 4.65. The molecule has 2 N–H and O–H groups in total. The van der Waals surface area contributed by atoms with E-state index in [0.717, 1.165) is 5.56 Å². The maximum absolute atomic E-state index is 11.7. The third kappa shape index (κ3) is 5.20. The molecule has 1 aromatic heterocycles. The fourth-order valence-corrected chi connectivity index (χ4v) is 1.90. The Balaban J connectivity index is 1.68. The number of rotatable bonds is 8. The number of ether oxygens (including phenoxy) is 1. The van der Waals surface area contributed by atoms with Crippen molar-refractivity contribution in [2.75, 3.05) is 19.8 Å². The van der Waals surface area contributed by atoms with Crippen LogP contribution < -0.4 is 5.32 Å². The molecule has 0 radical (unpaired) electrons. The molecule has 0 bridgehead atoms. The van der Waals surface area contributed by atoms with Crippen LogP contribution in [-0.2, 0) is 9.53 Å². The van der Waals surface area contributed by atoms with Gasteiger partial charge in [0.15, 0.2) is 0 Å². The average Bonchev–Trinajstić information content (AvgIpc) is 3.07. The number of nitrogens with one attached hydrogen (secondary N) is 1. The molecule has 0 saturated carbocycles. The Morgan fingerprint density at radius 1 is 1.27 bits per heavy atom. The fourth-order valence-electron chi connectivity index (χ4n) is 1.90. The number of aliphatic hydroxyl groups is 1. The van der Waals surface area contributed by atoms with Gasteiger partial charge in [0.25, 0.3) is 0 Å². The van der Waals surface area contributed by atoms with Gasteiger partial charge in [-0.15, -0.1) is 0 Å². The molecule has 0 aliphatic rings. The van der Waals surface area contributed by atoms with Crippen molar-refractivity contribution in [2.24, 2.45) is 0 Å². The molecular weight excluding hydrogens is 282 g/mol. The molecule has 2 rings (SSSR count). The van der Waals surface area contributed by atoms with Crippen LogP contribution in [0, 0.1) is 0 Å². The predicted octanol–water partition coefficient (Wildman–Crippen LogP) is 2.16. The number of hydrogen-bond acceptors (Lipinski definition) is 4. The number of benzene rings is 1. The molecule has 5 nitrogen and oxygen atoms in total. The van der Waals surface area contributed by atoms with Crippen molar-refractivity contribution in [2.45, 2.75) is 6.04 Å². The molecule has 1 atom stereocenters. The lowest BCUT2D eigenvalue weighted by Crippen LogP contribution is -2.33. The number of furan rings is 1. The lowest BCUT2D eigenvalue weighted by molar-refractivity contribution is -0.126. The van der Waals surface area contributed by atoms with Crippen LogP contribution in [0.25, 0.3) is 6.08 Å². The summed E-state index contributed by atoms with van der Waals surface area (Å²) in [6.07, 6.45) is 5.27. The van der Waals surface area contributed by atoms with Gasteiger partial charge in [-0.3, -0.25) is 4.79 Å². The van der Waals surface area contributed by atoms with Crippen LogP contribution in [-0.4, -0.2) is 30.8 Å². The van der Waals surface area contributed by atoms with Gasteiger partial charge in [-0.25, -0.2) is 0 Å². The number of carbonyl (C=O) groups excluding carboxylic acids is 1. The minimum atomic E-state index is -0.550. The zero-order chi connectivity index (χ0) is 15.6. The number of aliphatic hydroxyl groups excluding tert-OH is 1. The van der Waals surface area contributed by atoms with E-state index in [-0.39, 0.29) is 19.1 Å². The topological polar surface area (TPSA) is 71.7 Å². The van der Waals surface area contributed by atoms with Crippen molar-refractivity contribution in [3.05, 3.63) is 66.1 Å². The van der Waals surface area contributed by atoms with Crippen molar-refractivity contribution >= 4 is 12.0 Å². The molecule has 0 saturated heterocycles. The molecule has 5 heteroatoms. The number of amides is 1. The summed E-state index contributed by atoms with van der Waals surface area (Å²) >= 11 is 0. The first-order chi connectivity index (χ1) is 10.8. The van der Waals surface area contributed by atoms with E-state index in [0.29, 0.717) is 12.4 Å². The van der Waals surface area contributed by atoms with Crippen molar-refractivity contribution in [1.29, 1.82) is 0 Å². The van der Waals surface area contributed by atoms with Crippen LogP contribution in [0.3, 0.4) is 0 Å². The minimum Gasteiger partial charge on any atom is -0.467 e. The third-order valence-corrected chi connectivity index (χ3v) is 2.96. The van der Waals surface area contributed by atoms with E-state index in [4.69, 9.17) is 9.15 Å². The van der Waals surface area contributed by atoms with E-state index in [9.17, 15) is 9.90 Å². The van der Waals surface area contributed by atoms with Crippen LogP contribution in [0.5, 0.6) is 0 Å². The van der Waals surface area contributed by atoms with Gasteiger partial charge in [-0.1, -0.05) is 42.5 Å². The molecule has 0 spiro atoms. The van der Waals surface area contributed by atoms with Gasteiger partial charge in [0.1, 0.15) is 18.4 Å². The van der Waals surface area contributed by atoms with E-state index < -0.39 is 6.04 Å². The summed E-state index contributed by atoms with van der Waals surface area (Å²) in [6.45, 7) is 0.0381. The van der Waals surface area contributed by atoms with Crippen LogP contribution >= 0.6 is 0 Å². The summed E-state index contributed by atoms with van der Waals surface area (Å²) in [7, 11) is 0. The van der Waals surface area contributed by atoms with E-state index in [2.05, 4.69) is 5.32 Å². The van der Waals surface area contributed by atoms with E-state index in [1.165, 1.54) is 6.26 Å². The third-order valence-electron chi connectivity index (χ3n) is 2.96. The van der Waals surface area contributed by atoms with Crippen molar-refractivity contribution < 1.29 is 19.1 Å². The Labute approximate surface area is 129 Å². The van der Waals surface area contributed by atoms with Gasteiger partial charge in [0.2, 0.25) is 5.91 Å². The van der Waals surface area contributed by atoms with Crippen molar-refractivity contribution in [1.82, 2.24) is 5.32 Å². The lowest BCUT2D eigenvalue weighted by Gasteiger charge is -2.13. The SMILES string of the molecule is O=C(COC/C=C/c1ccccc1)NC(CO)c1ccco1. The molecule has 1 unspecified atom stereocenters. The smallest absolute Gasteiger partial charge is 0.246 e. The van der Waals surface area contributed by atoms with E-state index in [1.54, 1.807) is 12.1 Å². The molecule has 0 aliphatic heterocycles. The Morgan fingerprint density at radius 3 is 2.77 bits per heavy atom. The standard InChI is InChI=1S/C17H19NO4/c19-12-15(16-9-5-11-22-16)18-17(20)13-21-10-4-8-14-6-2-1-3-7-14/h1-9,11,15,19H,10,12-13H2,(H,18,20)/b8-4+. The van der Waals surface area contributed by atoms with E-state index in [1.807, 2.05) is 42.5 Å². The Kier molecular flexibility index (Phi) is 6.41. The highest BCUT2D eigenvalue weighted by Crippen LogP contribution is 2.12. The van der Waals surface area contributed by atoms with Gasteiger partial charge in [0.05, 0.1) is 19.5 Å². The summed E-state index contributed by atoms with van der Waals surface area (Å²) in [5, 5.41) is 11.9. The quantitative estimate of drug-likeness (QED) is 0.733. The Morgan fingerprint density at radius 2 is 2.09 bits per heavy atom. The van der Waals surface area contributed by atoms with Crippen molar-refractivity contribution in [3.8, 4) is 0 Å². The second-order valence-corrected chi connectivity index (χ2v) is 4.65. The lowest BCUT2D eigenvalue weighted by atomic mass is 10.2. The van der Waals surface area contributed by atoms with Crippen LogP contribution in [0.15, 0.2) is 59.2 Å². The van der Waals surface area contributed by atoms with Crippen LogP contribution in [0.4, 0.5) is 0 Å². The molecule has 0 fully saturated rings. The second kappa shape index (κ2) is 8.81. The zero-order valence-electron chi connectivity index (χ0n) is 12.1. The fraction of sp³-hybridized carbons (Fsp3) is 0.235. The monoisotopic (exact) mass is 301 g/mol. The Hall–Kier alpha value is -2.37. The zero-order valence-corrected chi connectivity index (χ0v) is 12.1. The van der Waals surface area contributed by atoms with Gasteiger partial charge in [-0.05, 0) is 17.7 Å². The van der Waals surface area contributed by atoms with Crippen molar-refractivity contribution in [3.63, 3.8) is 0 Å². The first-order valence-electron chi connectivity index (χ1n) is 7.02. The number of carbonyl (C=O) groups is 1. The normalized spacial score (nSPS) is 12.4. The summed E-state index contributed by atoms with van der Waals surface area (Å²) in [4.78, 5) is 11.7. The molecule has 22 heavy (non-hydrogen) atoms. The van der Waals surface area contributed by atoms with E-state index >= 15 is 0 Å². The van der Waals surface area contributed by atoms with Gasteiger partial charge >= 0.3 is 0 Å². The summed E-state index contributed by atoms with van der Waals surface area (Å²) in [5.41, 5.74) is 1.08. The molecule has 1 aromatic carbocycles. The average molecular weight is 301 g/mol. The highest BCUT2D eigenvalue weighted by Gasteiger charge is 2.15. The molecular formula is C17H19NO4. The minimum absolute atomic E-state index is 0.0731. The van der Waals surface area contributed by atoms with Gasteiger partial charge in [-0.2, -0.15) is 0 Å². The summed E-state index contributed by atoms with van der Waals surface area (Å²) < 4.78 is 10.4. The molecule has 1 amide bonds. The van der Waals surface area contributed by atoms with Crippen LogP contribution in [0.2, 0.25) is 0 Å². The molecule has 1 heterocycles. The van der Waals surface area contributed by atoms with Gasteiger partial charge < -0.3 is 19.6 Å². The molecule has 0 aliphatic carbocycles. The predicted molar refractivity (Wildman–Crippen MR) is 83.0 cm³/mol. The summed E-state index contributed by atoms with van der Waals surface area (Å²) in [5.74, 6) is 0.211. The summed E-state index contributed by atoms with van der Waals surface area (Å²) in [6, 6.07) is 12.7. The van der Waals surface area contributed by atoms with Crippen LogP contribution in [0.1, 0.15) is 17.4 Å². The Bertz CT molecular complexity index is 578. The van der Waals surface area contributed by atoms with Gasteiger partial charge in [0, 0.05) is 0 Å². The molecule has 116 valence electrons. The number of hydrogen-bond donors (Lipinski definition) is 2. The maximum Gasteiger partial charge on any atom is 0.246 e.